The lowest BCUT2D eigenvalue weighted by atomic mass is 10.00. The summed E-state index contributed by atoms with van der Waals surface area (Å²) >= 11 is 0. The van der Waals surface area contributed by atoms with Gasteiger partial charge in [-0.25, -0.2) is 0 Å². The summed E-state index contributed by atoms with van der Waals surface area (Å²) in [6, 6.07) is 15.3. The molecule has 2 fully saturated rings. The molecule has 4 heteroatoms. The van der Waals surface area contributed by atoms with Gasteiger partial charge in [-0.2, -0.15) is 0 Å². The Morgan fingerprint density at radius 3 is 2.83 bits per heavy atom. The zero-order valence-electron chi connectivity index (χ0n) is 13.1. The van der Waals surface area contributed by atoms with E-state index in [9.17, 15) is 4.79 Å². The second kappa shape index (κ2) is 6.90. The molecule has 3 unspecified atom stereocenters. The molecule has 1 saturated heterocycles. The molecule has 1 amide bonds. The second-order valence-electron chi connectivity index (χ2n) is 6.56. The summed E-state index contributed by atoms with van der Waals surface area (Å²) in [6.45, 7) is 1.86. The second-order valence-corrected chi connectivity index (χ2v) is 6.56. The van der Waals surface area contributed by atoms with Gasteiger partial charge in [0.1, 0.15) is 0 Å². The minimum absolute atomic E-state index is 0. The molecule has 2 aromatic rings. The van der Waals surface area contributed by atoms with Crippen LogP contribution in [0.5, 0.6) is 0 Å². The monoisotopic (exact) mass is 330 g/mol. The molecule has 4 rings (SSSR count). The normalized spacial score (nSPS) is 25.8. The maximum Gasteiger partial charge on any atom is 0.223 e. The van der Waals surface area contributed by atoms with Gasteiger partial charge in [0.05, 0.1) is 0 Å². The summed E-state index contributed by atoms with van der Waals surface area (Å²) in [4.78, 5) is 12.3. The fourth-order valence-electron chi connectivity index (χ4n) is 3.69. The molecule has 2 aromatic carbocycles. The molecule has 23 heavy (non-hydrogen) atoms. The summed E-state index contributed by atoms with van der Waals surface area (Å²) in [5.74, 6) is 0.779. The van der Waals surface area contributed by atoms with Gasteiger partial charge in [-0.1, -0.05) is 42.5 Å². The van der Waals surface area contributed by atoms with E-state index in [0.29, 0.717) is 12.0 Å². The molecule has 3 atom stereocenters. The van der Waals surface area contributed by atoms with Gasteiger partial charge in [0.2, 0.25) is 5.91 Å². The third-order valence-electron chi connectivity index (χ3n) is 5.04. The van der Waals surface area contributed by atoms with Crippen LogP contribution in [0.3, 0.4) is 0 Å². The first-order valence-electron chi connectivity index (χ1n) is 8.31. The molecule has 0 radical (unpaired) electrons. The Morgan fingerprint density at radius 1 is 1.17 bits per heavy atom. The Morgan fingerprint density at radius 2 is 2.00 bits per heavy atom. The van der Waals surface area contributed by atoms with Crippen molar-refractivity contribution in [1.29, 1.82) is 0 Å². The highest BCUT2D eigenvalue weighted by Crippen LogP contribution is 2.49. The first kappa shape index (κ1) is 16.3. The Balaban J connectivity index is 0.00000156. The van der Waals surface area contributed by atoms with E-state index in [0.717, 1.165) is 19.5 Å². The van der Waals surface area contributed by atoms with Gasteiger partial charge in [0, 0.05) is 18.5 Å². The Hall–Kier alpha value is -1.58. The number of halogens is 1. The highest BCUT2D eigenvalue weighted by atomic mass is 35.5. The highest BCUT2D eigenvalue weighted by Gasteiger charge is 2.44. The first-order chi connectivity index (χ1) is 10.8. The molecule has 1 saturated carbocycles. The lowest BCUT2D eigenvalue weighted by molar-refractivity contribution is -0.122. The summed E-state index contributed by atoms with van der Waals surface area (Å²) < 4.78 is 0. The first-order valence-corrected chi connectivity index (χ1v) is 8.31. The fraction of sp³-hybridized carbons (Fsp3) is 0.421. The van der Waals surface area contributed by atoms with Gasteiger partial charge in [-0.05, 0) is 48.1 Å². The van der Waals surface area contributed by atoms with Gasteiger partial charge in [0.25, 0.3) is 0 Å². The molecular formula is C19H23ClN2O. The van der Waals surface area contributed by atoms with Gasteiger partial charge in [-0.3, -0.25) is 4.79 Å². The molecule has 1 aliphatic heterocycles. The highest BCUT2D eigenvalue weighted by molar-refractivity contribution is 5.89. The number of carbonyl (C=O) groups is 1. The van der Waals surface area contributed by atoms with Crippen molar-refractivity contribution in [1.82, 2.24) is 10.6 Å². The molecule has 0 spiro atoms. The number of amides is 1. The van der Waals surface area contributed by atoms with E-state index in [1.165, 1.54) is 29.2 Å². The topological polar surface area (TPSA) is 41.1 Å². The van der Waals surface area contributed by atoms with Crippen molar-refractivity contribution < 1.29 is 4.79 Å². The van der Waals surface area contributed by atoms with Crippen molar-refractivity contribution in [2.75, 3.05) is 13.1 Å². The van der Waals surface area contributed by atoms with Crippen LogP contribution in [0.1, 0.15) is 30.7 Å². The minimum atomic E-state index is 0. The maximum atomic E-state index is 12.3. The van der Waals surface area contributed by atoms with Crippen LogP contribution in [0, 0.1) is 5.92 Å². The van der Waals surface area contributed by atoms with E-state index in [1.54, 1.807) is 0 Å². The summed E-state index contributed by atoms with van der Waals surface area (Å²) in [5, 5.41) is 9.12. The Bertz CT molecular complexity index is 691. The zero-order chi connectivity index (χ0) is 14.9. The molecule has 2 aliphatic rings. The largest absolute Gasteiger partial charge is 0.354 e. The third kappa shape index (κ3) is 3.36. The smallest absolute Gasteiger partial charge is 0.223 e. The Kier molecular flexibility index (Phi) is 4.88. The maximum absolute atomic E-state index is 12.3. The average Bonchev–Trinajstić information content (AvgIpc) is 3.18. The quantitative estimate of drug-likeness (QED) is 0.903. The fourth-order valence-corrected chi connectivity index (χ4v) is 3.69. The van der Waals surface area contributed by atoms with Crippen molar-refractivity contribution in [3.05, 3.63) is 48.0 Å². The lowest BCUT2D eigenvalue weighted by Crippen LogP contribution is -2.38. The van der Waals surface area contributed by atoms with Crippen LogP contribution >= 0.6 is 12.4 Å². The summed E-state index contributed by atoms with van der Waals surface area (Å²) in [6.07, 6.45) is 3.39. The van der Waals surface area contributed by atoms with Gasteiger partial charge in [-0.15, -0.1) is 12.4 Å². The molecule has 3 nitrogen and oxygen atoms in total. The van der Waals surface area contributed by atoms with Crippen molar-refractivity contribution in [2.24, 2.45) is 5.92 Å². The predicted octanol–water partition coefficient (Wildman–Crippen LogP) is 3.23. The number of rotatable bonds is 4. The standard InChI is InChI=1S/C19H22N2O.ClH/c22-19(21-12-14-7-4-10-20-14)18-11-17(18)16-9-3-6-13-5-1-2-8-15(13)16;/h1-3,5-6,8-9,14,17-18,20H,4,7,10-12H2,(H,21,22);1H. The van der Waals surface area contributed by atoms with Crippen LogP contribution in [-0.4, -0.2) is 25.0 Å². The summed E-state index contributed by atoms with van der Waals surface area (Å²) in [7, 11) is 0. The third-order valence-corrected chi connectivity index (χ3v) is 5.04. The molecule has 1 aliphatic carbocycles. The molecule has 0 bridgehead atoms. The van der Waals surface area contributed by atoms with Crippen LogP contribution in [0.15, 0.2) is 42.5 Å². The number of nitrogens with one attached hydrogen (secondary N) is 2. The number of fused-ring (bicyclic) bond motifs is 1. The van der Waals surface area contributed by atoms with Crippen molar-refractivity contribution in [3.8, 4) is 0 Å². The number of carbonyl (C=O) groups excluding carboxylic acids is 1. The van der Waals surface area contributed by atoms with Crippen molar-refractivity contribution in [2.45, 2.75) is 31.2 Å². The van der Waals surface area contributed by atoms with Crippen LogP contribution in [0.4, 0.5) is 0 Å². The molecule has 0 aromatic heterocycles. The van der Waals surface area contributed by atoms with E-state index in [4.69, 9.17) is 0 Å². The number of hydrogen-bond acceptors (Lipinski definition) is 2. The molecule has 122 valence electrons. The SMILES string of the molecule is Cl.O=C(NCC1CCCN1)C1CC1c1cccc2ccccc12. The zero-order valence-corrected chi connectivity index (χ0v) is 13.9. The van der Waals surface area contributed by atoms with E-state index in [1.807, 2.05) is 0 Å². The molecular weight excluding hydrogens is 308 g/mol. The summed E-state index contributed by atoms with van der Waals surface area (Å²) in [5.41, 5.74) is 1.33. The van der Waals surface area contributed by atoms with E-state index < -0.39 is 0 Å². The van der Waals surface area contributed by atoms with Crippen molar-refractivity contribution in [3.63, 3.8) is 0 Å². The lowest BCUT2D eigenvalue weighted by Gasteiger charge is -2.11. The number of benzene rings is 2. The van der Waals surface area contributed by atoms with Gasteiger partial charge < -0.3 is 10.6 Å². The molecule has 1 heterocycles. The minimum Gasteiger partial charge on any atom is -0.354 e. The van der Waals surface area contributed by atoms with Crippen LogP contribution < -0.4 is 10.6 Å². The van der Waals surface area contributed by atoms with Crippen LogP contribution in [-0.2, 0) is 4.79 Å². The average molecular weight is 331 g/mol. The van der Waals surface area contributed by atoms with E-state index in [-0.39, 0.29) is 24.2 Å². The Labute approximate surface area is 143 Å². The van der Waals surface area contributed by atoms with E-state index in [2.05, 4.69) is 53.1 Å². The predicted molar refractivity (Wildman–Crippen MR) is 96.1 cm³/mol. The van der Waals surface area contributed by atoms with E-state index >= 15 is 0 Å². The van der Waals surface area contributed by atoms with Crippen LogP contribution in [0.25, 0.3) is 10.8 Å². The molecule has 2 N–H and O–H groups in total. The van der Waals surface area contributed by atoms with Crippen molar-refractivity contribution >= 4 is 29.1 Å². The van der Waals surface area contributed by atoms with Gasteiger partial charge in [0.15, 0.2) is 0 Å². The van der Waals surface area contributed by atoms with Crippen LogP contribution in [0.2, 0.25) is 0 Å². The van der Waals surface area contributed by atoms with Gasteiger partial charge >= 0.3 is 0 Å². The number of hydrogen-bond donors (Lipinski definition) is 2.